The fraction of sp³-hybridized carbons (Fsp3) is 0.0588. The van der Waals surface area contributed by atoms with Crippen molar-refractivity contribution in [1.82, 2.24) is 4.98 Å². The van der Waals surface area contributed by atoms with Gasteiger partial charge in [0, 0.05) is 27.9 Å². The zero-order valence-electron chi connectivity index (χ0n) is 13.1. The smallest absolute Gasteiger partial charge is 0.275 e. The molecule has 0 aliphatic rings. The van der Waals surface area contributed by atoms with Gasteiger partial charge in [-0.15, -0.1) is 11.3 Å². The van der Waals surface area contributed by atoms with Crippen LogP contribution in [-0.2, 0) is 9.84 Å². The van der Waals surface area contributed by atoms with E-state index < -0.39 is 15.7 Å². The van der Waals surface area contributed by atoms with E-state index in [0.717, 1.165) is 11.8 Å². The lowest BCUT2D eigenvalue weighted by Gasteiger charge is -2.05. The molecule has 0 saturated carbocycles. The maximum atomic E-state index is 12.3. The quantitative estimate of drug-likeness (QED) is 0.724. The van der Waals surface area contributed by atoms with Crippen LogP contribution >= 0.6 is 22.9 Å². The maximum absolute atomic E-state index is 12.3. The lowest BCUT2D eigenvalue weighted by atomic mass is 10.2. The number of anilines is 1. The van der Waals surface area contributed by atoms with Crippen LogP contribution < -0.4 is 5.32 Å². The fourth-order valence-corrected chi connectivity index (χ4v) is 3.79. The summed E-state index contributed by atoms with van der Waals surface area (Å²) in [5, 5.41) is 5.58. The molecule has 1 N–H and O–H groups in total. The highest BCUT2D eigenvalue weighted by atomic mass is 35.5. The second-order valence-electron chi connectivity index (χ2n) is 5.30. The molecule has 0 aliphatic heterocycles. The molecule has 128 valence electrons. The summed E-state index contributed by atoms with van der Waals surface area (Å²) in [5.74, 6) is -0.407. The highest BCUT2D eigenvalue weighted by Crippen LogP contribution is 2.26. The van der Waals surface area contributed by atoms with Gasteiger partial charge in [0.15, 0.2) is 9.84 Å². The molecule has 0 unspecified atom stereocenters. The van der Waals surface area contributed by atoms with Gasteiger partial charge in [0.25, 0.3) is 5.91 Å². The van der Waals surface area contributed by atoms with Crippen molar-refractivity contribution in [3.05, 3.63) is 64.6 Å². The summed E-state index contributed by atoms with van der Waals surface area (Å²) >= 11 is 7.30. The van der Waals surface area contributed by atoms with Crippen molar-refractivity contribution >= 4 is 44.4 Å². The molecule has 3 rings (SSSR count). The van der Waals surface area contributed by atoms with Gasteiger partial charge in [0.1, 0.15) is 10.7 Å². The SMILES string of the molecule is CS(=O)(=O)c1cccc(NC(=O)c2csc(-c3cccc(Cl)c3)n2)c1. The summed E-state index contributed by atoms with van der Waals surface area (Å²) in [6.07, 6.45) is 1.12. The molecule has 25 heavy (non-hydrogen) atoms. The zero-order chi connectivity index (χ0) is 18.0. The van der Waals surface area contributed by atoms with Crippen LogP contribution in [0.3, 0.4) is 0 Å². The molecule has 8 heteroatoms. The number of carbonyl (C=O) groups is 1. The van der Waals surface area contributed by atoms with Crippen LogP contribution in [0.5, 0.6) is 0 Å². The van der Waals surface area contributed by atoms with Crippen molar-refractivity contribution in [2.24, 2.45) is 0 Å². The highest BCUT2D eigenvalue weighted by Gasteiger charge is 2.14. The Labute approximate surface area is 154 Å². The Hall–Kier alpha value is -2.22. The molecule has 1 amide bonds. The molecule has 5 nitrogen and oxygen atoms in total. The summed E-state index contributed by atoms with van der Waals surface area (Å²) in [6.45, 7) is 0. The van der Waals surface area contributed by atoms with Crippen LogP contribution in [0.2, 0.25) is 5.02 Å². The second-order valence-corrected chi connectivity index (χ2v) is 8.61. The van der Waals surface area contributed by atoms with Gasteiger partial charge in [-0.3, -0.25) is 4.79 Å². The number of halogens is 1. The number of aromatic nitrogens is 1. The minimum absolute atomic E-state index is 0.142. The third-order valence-corrected chi connectivity index (χ3v) is 5.57. The summed E-state index contributed by atoms with van der Waals surface area (Å²) in [5.41, 5.74) is 1.48. The predicted octanol–water partition coefficient (Wildman–Crippen LogP) is 4.12. The molecule has 1 heterocycles. The topological polar surface area (TPSA) is 76.1 Å². The summed E-state index contributed by atoms with van der Waals surface area (Å²) < 4.78 is 23.2. The molecular formula is C17H13ClN2O3S2. The number of hydrogen-bond acceptors (Lipinski definition) is 5. The van der Waals surface area contributed by atoms with E-state index in [1.807, 2.05) is 12.1 Å². The van der Waals surface area contributed by atoms with Crippen molar-refractivity contribution in [3.8, 4) is 10.6 Å². The molecule has 2 aromatic carbocycles. The summed E-state index contributed by atoms with van der Waals surface area (Å²) in [4.78, 5) is 16.8. The Balaban J connectivity index is 1.81. The molecule has 3 aromatic rings. The number of carbonyl (C=O) groups excluding carboxylic acids is 1. The minimum atomic E-state index is -3.34. The van der Waals surface area contributed by atoms with Gasteiger partial charge < -0.3 is 5.32 Å². The summed E-state index contributed by atoms with van der Waals surface area (Å²) in [7, 11) is -3.34. The van der Waals surface area contributed by atoms with Crippen molar-refractivity contribution in [1.29, 1.82) is 0 Å². The standard InChI is InChI=1S/C17H13ClN2O3S2/c1-25(22,23)14-7-3-6-13(9-14)19-16(21)15-10-24-17(20-15)11-4-2-5-12(18)8-11/h2-10H,1H3,(H,19,21). The predicted molar refractivity (Wildman–Crippen MR) is 100 cm³/mol. The lowest BCUT2D eigenvalue weighted by Crippen LogP contribution is -2.12. The molecule has 0 saturated heterocycles. The maximum Gasteiger partial charge on any atom is 0.275 e. The van der Waals surface area contributed by atoms with Crippen molar-refractivity contribution < 1.29 is 13.2 Å². The Morgan fingerprint density at radius 2 is 1.92 bits per heavy atom. The number of sulfone groups is 1. The first-order chi connectivity index (χ1) is 11.8. The largest absolute Gasteiger partial charge is 0.321 e. The van der Waals surface area contributed by atoms with E-state index in [1.165, 1.54) is 23.5 Å². The van der Waals surface area contributed by atoms with Gasteiger partial charge in [0.05, 0.1) is 4.90 Å². The molecule has 0 radical (unpaired) electrons. The third-order valence-electron chi connectivity index (χ3n) is 3.33. The highest BCUT2D eigenvalue weighted by molar-refractivity contribution is 7.90. The first-order valence-electron chi connectivity index (χ1n) is 7.16. The molecule has 0 fully saturated rings. The Morgan fingerprint density at radius 3 is 2.64 bits per heavy atom. The van der Waals surface area contributed by atoms with Crippen LogP contribution in [0.1, 0.15) is 10.5 Å². The number of nitrogens with zero attached hydrogens (tertiary/aromatic N) is 1. The van der Waals surface area contributed by atoms with Gasteiger partial charge in [0.2, 0.25) is 0 Å². The van der Waals surface area contributed by atoms with Crippen LogP contribution in [0, 0.1) is 0 Å². The van der Waals surface area contributed by atoms with Crippen LogP contribution in [0.25, 0.3) is 10.6 Å². The number of benzene rings is 2. The van der Waals surface area contributed by atoms with Crippen molar-refractivity contribution in [2.45, 2.75) is 4.90 Å². The van der Waals surface area contributed by atoms with Crippen molar-refractivity contribution in [2.75, 3.05) is 11.6 Å². The van der Waals surface area contributed by atoms with E-state index in [9.17, 15) is 13.2 Å². The van der Waals surface area contributed by atoms with Gasteiger partial charge in [-0.05, 0) is 30.3 Å². The lowest BCUT2D eigenvalue weighted by molar-refractivity contribution is 0.102. The third kappa shape index (κ3) is 4.25. The van der Waals surface area contributed by atoms with Crippen LogP contribution in [-0.4, -0.2) is 25.6 Å². The monoisotopic (exact) mass is 392 g/mol. The molecule has 0 bridgehead atoms. The van der Waals surface area contributed by atoms with E-state index in [1.54, 1.807) is 29.6 Å². The molecule has 0 aliphatic carbocycles. The van der Waals surface area contributed by atoms with E-state index >= 15 is 0 Å². The van der Waals surface area contributed by atoms with E-state index in [2.05, 4.69) is 10.3 Å². The number of amides is 1. The molecule has 0 spiro atoms. The van der Waals surface area contributed by atoms with E-state index in [4.69, 9.17) is 11.6 Å². The van der Waals surface area contributed by atoms with Crippen LogP contribution in [0.15, 0.2) is 58.8 Å². The average molecular weight is 393 g/mol. The Kier molecular flexibility index (Phi) is 4.89. The first-order valence-corrected chi connectivity index (χ1v) is 10.3. The van der Waals surface area contributed by atoms with Gasteiger partial charge >= 0.3 is 0 Å². The number of rotatable bonds is 4. The van der Waals surface area contributed by atoms with Gasteiger partial charge in [-0.25, -0.2) is 13.4 Å². The Bertz CT molecular complexity index is 1050. The van der Waals surface area contributed by atoms with E-state index in [-0.39, 0.29) is 10.6 Å². The average Bonchev–Trinajstić information content (AvgIpc) is 3.04. The minimum Gasteiger partial charge on any atom is -0.321 e. The Morgan fingerprint density at radius 1 is 1.16 bits per heavy atom. The zero-order valence-corrected chi connectivity index (χ0v) is 15.5. The number of nitrogens with one attached hydrogen (secondary N) is 1. The number of thiazole rings is 1. The van der Waals surface area contributed by atoms with Crippen LogP contribution in [0.4, 0.5) is 5.69 Å². The normalized spacial score (nSPS) is 11.3. The molecular weight excluding hydrogens is 380 g/mol. The molecule has 0 atom stereocenters. The fourth-order valence-electron chi connectivity index (χ4n) is 2.13. The second kappa shape index (κ2) is 6.95. The van der Waals surface area contributed by atoms with Gasteiger partial charge in [-0.1, -0.05) is 29.8 Å². The van der Waals surface area contributed by atoms with Crippen molar-refractivity contribution in [3.63, 3.8) is 0 Å². The van der Waals surface area contributed by atoms with Gasteiger partial charge in [-0.2, -0.15) is 0 Å². The van der Waals surface area contributed by atoms with E-state index in [0.29, 0.717) is 15.7 Å². The summed E-state index contributed by atoms with van der Waals surface area (Å²) in [6, 6.07) is 13.3. The first kappa shape index (κ1) is 17.6. The molecule has 1 aromatic heterocycles. The number of hydrogen-bond donors (Lipinski definition) is 1.